The first kappa shape index (κ1) is 18.7. The number of esters is 2. The lowest BCUT2D eigenvalue weighted by Gasteiger charge is -2.18. The lowest BCUT2D eigenvalue weighted by Crippen LogP contribution is -2.24. The minimum Gasteiger partial charge on any atom is -0.457 e. The van der Waals surface area contributed by atoms with Crippen molar-refractivity contribution in [1.82, 2.24) is 0 Å². The molecule has 0 radical (unpaired) electrons. The number of rotatable bonds is 4. The topological polar surface area (TPSA) is 65.1 Å². The van der Waals surface area contributed by atoms with E-state index in [1.165, 1.54) is 12.2 Å². The van der Waals surface area contributed by atoms with Crippen LogP contribution in [0, 0.1) is 0 Å². The van der Waals surface area contributed by atoms with Crippen molar-refractivity contribution in [1.29, 1.82) is 0 Å². The predicted molar refractivity (Wildman–Crippen MR) is 90.4 cm³/mol. The van der Waals surface area contributed by atoms with Gasteiger partial charge in [-0.1, -0.05) is 0 Å². The summed E-state index contributed by atoms with van der Waals surface area (Å²) in [6.45, 7) is 11.0. The molecule has 0 N–H and O–H groups in total. The van der Waals surface area contributed by atoms with Gasteiger partial charge in [0, 0.05) is 12.2 Å². The van der Waals surface area contributed by atoms with Crippen LogP contribution in [0.5, 0.6) is 0 Å². The Morgan fingerprint density at radius 2 is 1.21 bits per heavy atom. The maximum absolute atomic E-state index is 11.8. The van der Waals surface area contributed by atoms with Crippen molar-refractivity contribution in [2.24, 2.45) is 0 Å². The summed E-state index contributed by atoms with van der Waals surface area (Å²) >= 11 is 0. The second kappa shape index (κ2) is 6.03. The van der Waals surface area contributed by atoms with Crippen LogP contribution in [0.4, 0.5) is 0 Å². The summed E-state index contributed by atoms with van der Waals surface area (Å²) in [5, 5.41) is 0. The Bertz CT molecular complexity index is 526. The number of carbonyl (C=O) groups excluding carboxylic acids is 2. The van der Waals surface area contributed by atoms with E-state index in [1.54, 1.807) is 12.2 Å². The van der Waals surface area contributed by atoms with E-state index in [4.69, 9.17) is 14.2 Å². The highest BCUT2D eigenvalue weighted by Crippen LogP contribution is 2.61. The Kier molecular flexibility index (Phi) is 4.70. The molecule has 24 heavy (non-hydrogen) atoms. The molecule has 1 saturated heterocycles. The molecular weight excluding hydrogens is 308 g/mol. The normalized spacial score (nSPS) is 29.8. The number of carbonyl (C=O) groups is 2. The minimum absolute atomic E-state index is 0.385. The lowest BCUT2D eigenvalue weighted by atomic mass is 9.95. The molecule has 1 aliphatic carbocycles. The standard InChI is InChI=1S/C19H28O5/c1-16(2,3)22-14(20)8-12-18-10-7-11-19(18,24-18)13-9-15(21)23-17(4,5)6/h8-9,12-13H,7,10-11H2,1-6H3/b12-8+,13-9+/t18-,19+. The molecule has 134 valence electrons. The first-order chi connectivity index (χ1) is 10.9. The summed E-state index contributed by atoms with van der Waals surface area (Å²) in [5.74, 6) is -0.770. The first-order valence-electron chi connectivity index (χ1n) is 8.41. The van der Waals surface area contributed by atoms with Gasteiger partial charge in [0.2, 0.25) is 0 Å². The van der Waals surface area contributed by atoms with Gasteiger partial charge in [0.1, 0.15) is 22.4 Å². The maximum Gasteiger partial charge on any atom is 0.331 e. The predicted octanol–water partition coefficient (Wildman–Crippen LogP) is 3.47. The largest absolute Gasteiger partial charge is 0.457 e. The molecule has 0 bridgehead atoms. The summed E-state index contributed by atoms with van der Waals surface area (Å²) in [7, 11) is 0. The third kappa shape index (κ3) is 4.47. The van der Waals surface area contributed by atoms with Gasteiger partial charge in [-0.3, -0.25) is 0 Å². The second-order valence-electron chi connectivity index (χ2n) is 8.47. The second-order valence-corrected chi connectivity index (χ2v) is 8.47. The molecule has 2 aliphatic rings. The highest BCUT2D eigenvalue weighted by atomic mass is 16.6. The molecular formula is C19H28O5. The average Bonchev–Trinajstić information content (AvgIpc) is 2.87. The van der Waals surface area contributed by atoms with Crippen molar-refractivity contribution in [3.8, 4) is 0 Å². The van der Waals surface area contributed by atoms with E-state index >= 15 is 0 Å². The summed E-state index contributed by atoms with van der Waals surface area (Å²) in [6.07, 6.45) is 9.04. The van der Waals surface area contributed by atoms with Gasteiger partial charge >= 0.3 is 11.9 Å². The van der Waals surface area contributed by atoms with Crippen LogP contribution >= 0.6 is 0 Å². The van der Waals surface area contributed by atoms with Crippen LogP contribution in [0.15, 0.2) is 24.3 Å². The van der Waals surface area contributed by atoms with Gasteiger partial charge in [-0.2, -0.15) is 0 Å². The van der Waals surface area contributed by atoms with Gasteiger partial charge in [-0.05, 0) is 73.0 Å². The Morgan fingerprint density at radius 3 is 1.54 bits per heavy atom. The Morgan fingerprint density at radius 1 is 0.833 bits per heavy atom. The fourth-order valence-electron chi connectivity index (χ4n) is 3.03. The van der Waals surface area contributed by atoms with Crippen LogP contribution in [0.3, 0.4) is 0 Å². The molecule has 1 saturated carbocycles. The molecule has 2 fully saturated rings. The molecule has 0 spiro atoms. The van der Waals surface area contributed by atoms with E-state index in [9.17, 15) is 9.59 Å². The maximum atomic E-state index is 11.8. The van der Waals surface area contributed by atoms with E-state index in [1.807, 2.05) is 41.5 Å². The number of hydrogen-bond donors (Lipinski definition) is 0. The van der Waals surface area contributed by atoms with Gasteiger partial charge < -0.3 is 14.2 Å². The zero-order valence-electron chi connectivity index (χ0n) is 15.5. The molecule has 2 rings (SSSR count). The van der Waals surface area contributed by atoms with Crippen LogP contribution in [0.1, 0.15) is 60.8 Å². The molecule has 5 nitrogen and oxygen atoms in total. The summed E-state index contributed by atoms with van der Waals surface area (Å²) in [6, 6.07) is 0. The van der Waals surface area contributed by atoms with Crippen molar-refractivity contribution in [3.63, 3.8) is 0 Å². The van der Waals surface area contributed by atoms with Crippen molar-refractivity contribution in [2.75, 3.05) is 0 Å². The molecule has 5 heteroatoms. The van der Waals surface area contributed by atoms with Gasteiger partial charge in [-0.15, -0.1) is 0 Å². The van der Waals surface area contributed by atoms with Crippen LogP contribution in [0.25, 0.3) is 0 Å². The van der Waals surface area contributed by atoms with E-state index in [0.29, 0.717) is 0 Å². The molecule has 2 atom stereocenters. The summed E-state index contributed by atoms with van der Waals surface area (Å²) in [5.41, 5.74) is -2.04. The smallest absolute Gasteiger partial charge is 0.331 e. The molecule has 0 unspecified atom stereocenters. The summed E-state index contributed by atoms with van der Waals surface area (Å²) < 4.78 is 16.4. The highest BCUT2D eigenvalue weighted by molar-refractivity contribution is 5.83. The highest BCUT2D eigenvalue weighted by Gasteiger charge is 2.69. The fraction of sp³-hybridized carbons (Fsp3) is 0.684. The number of epoxide rings is 1. The van der Waals surface area contributed by atoms with E-state index < -0.39 is 22.4 Å². The molecule has 0 aromatic rings. The Balaban J connectivity index is 2.00. The van der Waals surface area contributed by atoms with Crippen molar-refractivity contribution in [3.05, 3.63) is 24.3 Å². The van der Waals surface area contributed by atoms with Crippen LogP contribution in [0.2, 0.25) is 0 Å². The van der Waals surface area contributed by atoms with Crippen LogP contribution < -0.4 is 0 Å². The molecule has 1 aliphatic heterocycles. The van der Waals surface area contributed by atoms with Crippen LogP contribution in [-0.2, 0) is 23.8 Å². The van der Waals surface area contributed by atoms with Gasteiger partial charge in [0.05, 0.1) is 0 Å². The lowest BCUT2D eigenvalue weighted by molar-refractivity contribution is -0.149. The molecule has 1 heterocycles. The average molecular weight is 336 g/mol. The molecule has 0 aromatic carbocycles. The number of ether oxygens (including phenoxy) is 3. The number of hydrogen-bond acceptors (Lipinski definition) is 5. The first-order valence-corrected chi connectivity index (χ1v) is 8.41. The van der Waals surface area contributed by atoms with Gasteiger partial charge in [0.15, 0.2) is 0 Å². The number of fused-ring (bicyclic) bond motifs is 1. The van der Waals surface area contributed by atoms with Gasteiger partial charge in [0.25, 0.3) is 0 Å². The van der Waals surface area contributed by atoms with Gasteiger partial charge in [-0.25, -0.2) is 9.59 Å². The minimum atomic E-state index is -0.521. The third-order valence-corrected chi connectivity index (χ3v) is 3.93. The zero-order chi connectivity index (χ0) is 18.2. The Labute approximate surface area is 144 Å². The molecule has 0 amide bonds. The monoisotopic (exact) mass is 336 g/mol. The van der Waals surface area contributed by atoms with Crippen molar-refractivity contribution >= 4 is 11.9 Å². The third-order valence-electron chi connectivity index (χ3n) is 3.93. The Hall–Kier alpha value is -1.62. The van der Waals surface area contributed by atoms with E-state index in [-0.39, 0.29) is 11.9 Å². The summed E-state index contributed by atoms with van der Waals surface area (Å²) in [4.78, 5) is 23.7. The van der Waals surface area contributed by atoms with E-state index in [0.717, 1.165) is 19.3 Å². The molecule has 0 aromatic heterocycles. The van der Waals surface area contributed by atoms with Crippen LogP contribution in [-0.4, -0.2) is 34.3 Å². The quantitative estimate of drug-likeness (QED) is 0.447. The van der Waals surface area contributed by atoms with Crippen molar-refractivity contribution < 1.29 is 23.8 Å². The van der Waals surface area contributed by atoms with Crippen molar-refractivity contribution in [2.45, 2.75) is 83.2 Å². The van der Waals surface area contributed by atoms with E-state index in [2.05, 4.69) is 0 Å². The zero-order valence-corrected chi connectivity index (χ0v) is 15.5. The fourth-order valence-corrected chi connectivity index (χ4v) is 3.03. The SMILES string of the molecule is CC(C)(C)OC(=O)/C=C/[C@@]12CCC[C@]1(/C=C/C(=O)OC(C)(C)C)O2.